The first-order valence-electron chi connectivity index (χ1n) is 6.53. The number of rotatable bonds is 7. The molecular weight excluding hydrogens is 224 g/mol. The maximum absolute atomic E-state index is 5.56. The quantitative estimate of drug-likeness (QED) is 0.538. The maximum atomic E-state index is 5.56. The highest BCUT2D eigenvalue weighted by molar-refractivity contribution is 5.26. The minimum absolute atomic E-state index is 0.640. The van der Waals surface area contributed by atoms with Crippen molar-refractivity contribution in [1.82, 2.24) is 0 Å². The number of methoxy groups -OCH3 is 1. The second kappa shape index (κ2) is 9.56. The van der Waals surface area contributed by atoms with Crippen LogP contribution in [0.1, 0.15) is 38.2 Å². The largest absolute Gasteiger partial charge is 0.497 e. The molecule has 0 fully saturated rings. The van der Waals surface area contributed by atoms with Crippen molar-refractivity contribution >= 4 is 0 Å². The zero-order valence-electron chi connectivity index (χ0n) is 11.4. The van der Waals surface area contributed by atoms with E-state index in [1.165, 1.54) is 12.8 Å². The van der Waals surface area contributed by atoms with Gasteiger partial charge in [0.2, 0.25) is 0 Å². The van der Waals surface area contributed by atoms with Crippen LogP contribution in [0, 0.1) is 11.8 Å². The van der Waals surface area contributed by atoms with Crippen molar-refractivity contribution in [2.24, 2.45) is 0 Å². The van der Waals surface area contributed by atoms with Gasteiger partial charge in [-0.05, 0) is 24.1 Å². The Morgan fingerprint density at radius 2 is 1.78 bits per heavy atom. The summed E-state index contributed by atoms with van der Waals surface area (Å²) in [5.41, 5.74) is 1.16. The molecule has 0 aliphatic heterocycles. The van der Waals surface area contributed by atoms with Gasteiger partial charge in [-0.25, -0.2) is 0 Å². The molecule has 18 heavy (non-hydrogen) atoms. The average Bonchev–Trinajstić information content (AvgIpc) is 2.42. The molecule has 1 aromatic carbocycles. The van der Waals surface area contributed by atoms with Crippen molar-refractivity contribution in [3.05, 3.63) is 29.8 Å². The van der Waals surface area contributed by atoms with E-state index < -0.39 is 0 Å². The van der Waals surface area contributed by atoms with Gasteiger partial charge in [0, 0.05) is 12.8 Å². The molecule has 0 atom stereocenters. The molecule has 98 valence electrons. The van der Waals surface area contributed by atoms with E-state index in [0.29, 0.717) is 13.2 Å². The number of ether oxygens (including phenoxy) is 2. The van der Waals surface area contributed by atoms with Gasteiger partial charge in [0.15, 0.2) is 0 Å². The molecule has 0 heterocycles. The van der Waals surface area contributed by atoms with Crippen molar-refractivity contribution in [3.8, 4) is 17.6 Å². The normalized spacial score (nSPS) is 9.67. The van der Waals surface area contributed by atoms with Gasteiger partial charge < -0.3 is 9.47 Å². The molecule has 0 unspecified atom stereocenters. The van der Waals surface area contributed by atoms with Crippen molar-refractivity contribution in [2.45, 2.75) is 39.2 Å². The van der Waals surface area contributed by atoms with Gasteiger partial charge in [-0.1, -0.05) is 25.5 Å². The smallest absolute Gasteiger partial charge is 0.118 e. The summed E-state index contributed by atoms with van der Waals surface area (Å²) >= 11 is 0. The highest BCUT2D eigenvalue weighted by Crippen LogP contribution is 2.11. The van der Waals surface area contributed by atoms with E-state index in [-0.39, 0.29) is 0 Å². The summed E-state index contributed by atoms with van der Waals surface area (Å²) in [5, 5.41) is 0. The van der Waals surface area contributed by atoms with E-state index in [1.54, 1.807) is 7.11 Å². The molecule has 0 amide bonds. The van der Waals surface area contributed by atoms with Crippen LogP contribution in [0.2, 0.25) is 0 Å². The Kier molecular flexibility index (Phi) is 7.75. The lowest BCUT2D eigenvalue weighted by molar-refractivity contribution is 0.126. The molecule has 0 radical (unpaired) electrons. The van der Waals surface area contributed by atoms with Gasteiger partial charge >= 0.3 is 0 Å². The topological polar surface area (TPSA) is 18.5 Å². The van der Waals surface area contributed by atoms with Gasteiger partial charge in [-0.2, -0.15) is 0 Å². The summed E-state index contributed by atoms with van der Waals surface area (Å²) in [4.78, 5) is 0. The lowest BCUT2D eigenvalue weighted by Crippen LogP contribution is -1.94. The van der Waals surface area contributed by atoms with Gasteiger partial charge in [0.1, 0.15) is 5.75 Å². The van der Waals surface area contributed by atoms with Gasteiger partial charge in [-0.15, -0.1) is 11.8 Å². The Balaban J connectivity index is 2.11. The van der Waals surface area contributed by atoms with E-state index in [2.05, 4.69) is 18.8 Å². The Morgan fingerprint density at radius 1 is 1.06 bits per heavy atom. The zero-order chi connectivity index (χ0) is 13.1. The summed E-state index contributed by atoms with van der Waals surface area (Å²) in [6.45, 7) is 3.52. The van der Waals surface area contributed by atoms with Gasteiger partial charge in [0.05, 0.1) is 20.3 Å². The van der Waals surface area contributed by atoms with E-state index in [4.69, 9.17) is 9.47 Å². The Labute approximate surface area is 110 Å². The predicted molar refractivity (Wildman–Crippen MR) is 74.6 cm³/mol. The van der Waals surface area contributed by atoms with E-state index in [1.807, 2.05) is 24.3 Å². The van der Waals surface area contributed by atoms with Crippen LogP contribution >= 0.6 is 0 Å². The lowest BCUT2D eigenvalue weighted by Gasteiger charge is -2.03. The summed E-state index contributed by atoms with van der Waals surface area (Å²) in [7, 11) is 1.67. The first-order chi connectivity index (χ1) is 8.86. The second-order valence-electron chi connectivity index (χ2n) is 4.11. The molecule has 2 nitrogen and oxygen atoms in total. The molecule has 0 spiro atoms. The predicted octanol–water partition coefficient (Wildman–Crippen LogP) is 3.80. The summed E-state index contributed by atoms with van der Waals surface area (Å²) in [6.07, 6.45) is 4.23. The van der Waals surface area contributed by atoms with E-state index in [0.717, 1.165) is 24.2 Å². The monoisotopic (exact) mass is 246 g/mol. The van der Waals surface area contributed by atoms with Gasteiger partial charge in [-0.3, -0.25) is 0 Å². The molecule has 0 N–H and O–H groups in total. The minimum Gasteiger partial charge on any atom is -0.497 e. The SMILES string of the molecule is CCCCC#CCCOCc1ccc(OC)cc1. The number of benzene rings is 1. The van der Waals surface area contributed by atoms with Crippen molar-refractivity contribution in [2.75, 3.05) is 13.7 Å². The van der Waals surface area contributed by atoms with Gasteiger partial charge in [0.25, 0.3) is 0 Å². The minimum atomic E-state index is 0.640. The zero-order valence-corrected chi connectivity index (χ0v) is 11.4. The lowest BCUT2D eigenvalue weighted by atomic mass is 10.2. The first kappa shape index (κ1) is 14.6. The third-order valence-corrected chi connectivity index (χ3v) is 2.58. The molecule has 1 rings (SSSR count). The van der Waals surface area contributed by atoms with Crippen molar-refractivity contribution in [3.63, 3.8) is 0 Å². The van der Waals surface area contributed by atoms with Crippen molar-refractivity contribution < 1.29 is 9.47 Å². The average molecular weight is 246 g/mol. The van der Waals surface area contributed by atoms with Crippen LogP contribution in [-0.4, -0.2) is 13.7 Å². The summed E-state index contributed by atoms with van der Waals surface area (Å²) in [6, 6.07) is 7.93. The fraction of sp³-hybridized carbons (Fsp3) is 0.500. The fourth-order valence-electron chi connectivity index (χ4n) is 1.48. The molecule has 0 aliphatic rings. The van der Waals surface area contributed by atoms with Crippen LogP contribution in [0.4, 0.5) is 0 Å². The molecule has 0 bridgehead atoms. The first-order valence-corrected chi connectivity index (χ1v) is 6.53. The number of unbranched alkanes of at least 4 members (excludes halogenated alkanes) is 2. The molecule has 2 heteroatoms. The Hall–Kier alpha value is -1.46. The van der Waals surface area contributed by atoms with Crippen LogP contribution in [0.3, 0.4) is 0 Å². The molecule has 1 aromatic rings. The molecule has 0 saturated heterocycles. The van der Waals surface area contributed by atoms with Crippen LogP contribution in [-0.2, 0) is 11.3 Å². The third-order valence-electron chi connectivity index (χ3n) is 2.58. The number of hydrogen-bond donors (Lipinski definition) is 0. The molecule has 0 saturated carbocycles. The van der Waals surface area contributed by atoms with Crippen LogP contribution < -0.4 is 4.74 Å². The maximum Gasteiger partial charge on any atom is 0.118 e. The Bertz CT molecular complexity index is 370. The summed E-state index contributed by atoms with van der Waals surface area (Å²) in [5.74, 6) is 7.16. The fourth-order valence-corrected chi connectivity index (χ4v) is 1.48. The van der Waals surface area contributed by atoms with Crippen LogP contribution in [0.5, 0.6) is 5.75 Å². The molecular formula is C16H22O2. The summed E-state index contributed by atoms with van der Waals surface area (Å²) < 4.78 is 10.7. The van der Waals surface area contributed by atoms with Crippen LogP contribution in [0.25, 0.3) is 0 Å². The second-order valence-corrected chi connectivity index (χ2v) is 4.11. The van der Waals surface area contributed by atoms with E-state index >= 15 is 0 Å². The Morgan fingerprint density at radius 3 is 2.44 bits per heavy atom. The molecule has 0 aromatic heterocycles. The standard InChI is InChI=1S/C16H22O2/c1-3-4-5-6-7-8-13-18-14-15-9-11-16(17-2)12-10-15/h9-12H,3-5,8,13-14H2,1-2H3. The molecule has 0 aliphatic carbocycles. The highest BCUT2D eigenvalue weighted by Gasteiger charge is 1.94. The third kappa shape index (κ3) is 6.32. The van der Waals surface area contributed by atoms with E-state index in [9.17, 15) is 0 Å². The number of hydrogen-bond acceptors (Lipinski definition) is 2. The highest BCUT2D eigenvalue weighted by atomic mass is 16.5. The van der Waals surface area contributed by atoms with Crippen molar-refractivity contribution in [1.29, 1.82) is 0 Å². The van der Waals surface area contributed by atoms with Crippen LogP contribution in [0.15, 0.2) is 24.3 Å².